The summed E-state index contributed by atoms with van der Waals surface area (Å²) in [4.78, 5) is 8.14. The van der Waals surface area contributed by atoms with E-state index in [9.17, 15) is 0 Å². The molecular weight excluding hydrogens is 238 g/mol. The van der Waals surface area contributed by atoms with Crippen LogP contribution in [0.4, 0.5) is 5.82 Å². The lowest BCUT2D eigenvalue weighted by molar-refractivity contribution is 0.292. The Hall–Kier alpha value is -1.27. The van der Waals surface area contributed by atoms with Crippen LogP contribution in [-0.2, 0) is 0 Å². The number of fused-ring (bicyclic) bond motifs is 1. The summed E-state index contributed by atoms with van der Waals surface area (Å²) in [6.07, 6.45) is 5.24. The van der Waals surface area contributed by atoms with E-state index in [2.05, 4.69) is 9.97 Å². The first-order valence-electron chi connectivity index (χ1n) is 5.53. The van der Waals surface area contributed by atoms with Crippen LogP contribution in [0.25, 0.3) is 11.1 Å². The van der Waals surface area contributed by atoms with Gasteiger partial charge in [-0.25, -0.2) is 9.97 Å². The smallest absolute Gasteiger partial charge is 0.194 e. The van der Waals surface area contributed by atoms with Crippen LogP contribution in [0.1, 0.15) is 23.7 Å². The first-order valence-corrected chi connectivity index (χ1v) is 6.47. The zero-order valence-corrected chi connectivity index (χ0v) is 9.98. The summed E-state index contributed by atoms with van der Waals surface area (Å²) in [6.45, 7) is 0.230. The molecule has 0 aliphatic carbocycles. The highest BCUT2D eigenvalue weighted by Gasteiger charge is 2.29. The third kappa shape index (κ3) is 1.77. The number of anilines is 1. The van der Waals surface area contributed by atoms with Gasteiger partial charge in [-0.2, -0.15) is 0 Å². The maximum absolute atomic E-state index is 9.15. The van der Waals surface area contributed by atoms with Gasteiger partial charge in [0.15, 0.2) is 11.4 Å². The Bertz CT molecular complexity index is 542. The van der Waals surface area contributed by atoms with Crippen LogP contribution in [0, 0.1) is 0 Å². The molecule has 90 valence electrons. The molecular formula is C11H13N3O2S. The summed E-state index contributed by atoms with van der Waals surface area (Å²) in [5.41, 5.74) is 8.16. The van der Waals surface area contributed by atoms with Crippen molar-refractivity contribution in [2.24, 2.45) is 0 Å². The van der Waals surface area contributed by atoms with Gasteiger partial charge in [-0.1, -0.05) is 0 Å². The molecule has 2 aromatic rings. The average Bonchev–Trinajstić information content (AvgIpc) is 2.94. The molecule has 0 spiro atoms. The Kier molecular flexibility index (Phi) is 2.68. The van der Waals surface area contributed by atoms with Crippen LogP contribution < -0.4 is 5.73 Å². The highest BCUT2D eigenvalue weighted by atomic mass is 32.2. The van der Waals surface area contributed by atoms with Crippen molar-refractivity contribution in [3.05, 3.63) is 18.2 Å². The lowest BCUT2D eigenvalue weighted by atomic mass is 10.1. The highest BCUT2D eigenvalue weighted by molar-refractivity contribution is 8.00. The van der Waals surface area contributed by atoms with Crippen molar-refractivity contribution in [3.63, 3.8) is 0 Å². The lowest BCUT2D eigenvalue weighted by Gasteiger charge is -2.07. The molecule has 2 atom stereocenters. The summed E-state index contributed by atoms with van der Waals surface area (Å²) in [6, 6.07) is 0. The van der Waals surface area contributed by atoms with Gasteiger partial charge in [0.25, 0.3) is 0 Å². The Balaban J connectivity index is 1.99. The van der Waals surface area contributed by atoms with E-state index < -0.39 is 0 Å². The fourth-order valence-corrected chi connectivity index (χ4v) is 3.59. The van der Waals surface area contributed by atoms with E-state index in [-0.39, 0.29) is 6.61 Å². The zero-order valence-electron chi connectivity index (χ0n) is 9.17. The van der Waals surface area contributed by atoms with Gasteiger partial charge in [0.1, 0.15) is 11.8 Å². The standard InChI is InChI=1S/C11H13N3O2S/c12-11-10-9(13-5-14-11)7(4-16-10)8-2-1-6(3-15)17-8/h4-6,8,15H,1-3H2,(H2,12,13,14). The van der Waals surface area contributed by atoms with Crippen LogP contribution in [-0.4, -0.2) is 26.9 Å². The average molecular weight is 251 g/mol. The lowest BCUT2D eigenvalue weighted by Crippen LogP contribution is -2.01. The van der Waals surface area contributed by atoms with Crippen molar-refractivity contribution in [3.8, 4) is 0 Å². The van der Waals surface area contributed by atoms with Crippen molar-refractivity contribution >= 4 is 28.7 Å². The van der Waals surface area contributed by atoms with Crippen LogP contribution in [0.15, 0.2) is 17.0 Å². The normalized spacial score (nSPS) is 24.5. The number of furan rings is 1. The molecule has 3 N–H and O–H groups in total. The zero-order chi connectivity index (χ0) is 11.8. The monoisotopic (exact) mass is 251 g/mol. The second-order valence-corrected chi connectivity index (χ2v) is 5.64. The third-order valence-corrected chi connectivity index (χ3v) is 4.65. The molecule has 0 radical (unpaired) electrons. The molecule has 0 bridgehead atoms. The Labute approximate surface area is 102 Å². The number of hydrogen-bond acceptors (Lipinski definition) is 6. The number of aliphatic hydroxyl groups is 1. The van der Waals surface area contributed by atoms with Gasteiger partial charge < -0.3 is 15.3 Å². The summed E-state index contributed by atoms with van der Waals surface area (Å²) in [5, 5.41) is 9.81. The van der Waals surface area contributed by atoms with E-state index in [4.69, 9.17) is 15.3 Å². The molecule has 0 amide bonds. The van der Waals surface area contributed by atoms with Gasteiger partial charge in [-0.05, 0) is 12.8 Å². The summed E-state index contributed by atoms with van der Waals surface area (Å²) in [5.74, 6) is 0.378. The predicted molar refractivity (Wildman–Crippen MR) is 66.7 cm³/mol. The molecule has 2 aromatic heterocycles. The second-order valence-electron chi connectivity index (χ2n) is 4.13. The van der Waals surface area contributed by atoms with Crippen LogP contribution in [0.3, 0.4) is 0 Å². The second kappa shape index (κ2) is 4.19. The van der Waals surface area contributed by atoms with E-state index in [0.29, 0.717) is 21.9 Å². The van der Waals surface area contributed by atoms with Crippen LogP contribution >= 0.6 is 11.8 Å². The number of nitrogen functional groups attached to an aromatic ring is 1. The Morgan fingerprint density at radius 1 is 1.47 bits per heavy atom. The van der Waals surface area contributed by atoms with Crippen molar-refractivity contribution in [1.82, 2.24) is 9.97 Å². The largest absolute Gasteiger partial charge is 0.458 e. The number of rotatable bonds is 2. The van der Waals surface area contributed by atoms with Crippen molar-refractivity contribution in [2.45, 2.75) is 23.3 Å². The molecule has 1 saturated heterocycles. The van der Waals surface area contributed by atoms with Gasteiger partial charge in [-0.3, -0.25) is 0 Å². The van der Waals surface area contributed by atoms with E-state index in [1.165, 1.54) is 6.33 Å². The number of aromatic nitrogens is 2. The minimum absolute atomic E-state index is 0.230. The summed E-state index contributed by atoms with van der Waals surface area (Å²) < 4.78 is 5.44. The van der Waals surface area contributed by atoms with Gasteiger partial charge in [0, 0.05) is 16.1 Å². The van der Waals surface area contributed by atoms with E-state index >= 15 is 0 Å². The molecule has 6 heteroatoms. The SMILES string of the molecule is Nc1ncnc2c(C3CCC(CO)S3)coc12. The quantitative estimate of drug-likeness (QED) is 0.845. The van der Waals surface area contributed by atoms with Gasteiger partial charge >= 0.3 is 0 Å². The molecule has 17 heavy (non-hydrogen) atoms. The fraction of sp³-hybridized carbons (Fsp3) is 0.455. The Morgan fingerprint density at radius 3 is 3.12 bits per heavy atom. The molecule has 3 rings (SSSR count). The third-order valence-electron chi connectivity index (χ3n) is 3.07. The van der Waals surface area contributed by atoms with Crippen LogP contribution in [0.5, 0.6) is 0 Å². The van der Waals surface area contributed by atoms with Crippen molar-refractivity contribution in [2.75, 3.05) is 12.3 Å². The number of nitrogens with zero attached hydrogens (tertiary/aromatic N) is 2. The number of thioether (sulfide) groups is 1. The van der Waals surface area contributed by atoms with Crippen molar-refractivity contribution in [1.29, 1.82) is 0 Å². The van der Waals surface area contributed by atoms with Gasteiger partial charge in [0.05, 0.1) is 12.9 Å². The Morgan fingerprint density at radius 2 is 2.35 bits per heavy atom. The highest BCUT2D eigenvalue weighted by Crippen LogP contribution is 2.46. The van der Waals surface area contributed by atoms with Crippen molar-refractivity contribution < 1.29 is 9.52 Å². The number of nitrogens with two attached hydrogens (primary N) is 1. The molecule has 3 heterocycles. The minimum Gasteiger partial charge on any atom is -0.458 e. The van der Waals surface area contributed by atoms with Gasteiger partial charge in [-0.15, -0.1) is 11.8 Å². The van der Waals surface area contributed by atoms with Gasteiger partial charge in [0.2, 0.25) is 0 Å². The molecule has 0 aromatic carbocycles. The minimum atomic E-state index is 0.230. The first-order chi connectivity index (χ1) is 8.29. The van der Waals surface area contributed by atoms with Crippen LogP contribution in [0.2, 0.25) is 0 Å². The maximum Gasteiger partial charge on any atom is 0.194 e. The molecule has 1 fully saturated rings. The summed E-state index contributed by atoms with van der Waals surface area (Å²) in [7, 11) is 0. The molecule has 1 aliphatic rings. The predicted octanol–water partition coefficient (Wildman–Crippen LogP) is 1.73. The first kappa shape index (κ1) is 10.9. The molecule has 1 aliphatic heterocycles. The molecule has 2 unspecified atom stereocenters. The van der Waals surface area contributed by atoms with E-state index in [1.54, 1.807) is 18.0 Å². The molecule has 0 saturated carbocycles. The number of aliphatic hydroxyl groups excluding tert-OH is 1. The topological polar surface area (TPSA) is 85.2 Å². The summed E-state index contributed by atoms with van der Waals surface area (Å²) >= 11 is 1.78. The van der Waals surface area contributed by atoms with E-state index in [1.807, 2.05) is 0 Å². The number of hydrogen-bond donors (Lipinski definition) is 2. The maximum atomic E-state index is 9.15. The fourth-order valence-electron chi connectivity index (χ4n) is 2.18. The molecule has 5 nitrogen and oxygen atoms in total. The van der Waals surface area contributed by atoms with E-state index in [0.717, 1.165) is 23.9 Å².